The molecular weight excluding hydrogens is 238 g/mol. The van der Waals surface area contributed by atoms with Crippen LogP contribution in [0.2, 0.25) is 0 Å². The molecule has 0 aliphatic heterocycles. The predicted octanol–water partition coefficient (Wildman–Crippen LogP) is 3.38. The summed E-state index contributed by atoms with van der Waals surface area (Å²) in [7, 11) is 1.68. The predicted molar refractivity (Wildman–Crippen MR) is 76.9 cm³/mol. The summed E-state index contributed by atoms with van der Waals surface area (Å²) in [4.78, 5) is 0. The highest BCUT2D eigenvalue weighted by molar-refractivity contribution is 5.42. The molecule has 2 aromatic carbocycles. The smallest absolute Gasteiger partial charge is 0.127 e. The average Bonchev–Trinajstić information content (AvgIpc) is 2.46. The molecule has 2 rings (SSSR count). The molecule has 0 unspecified atom stereocenters. The molecule has 2 N–H and O–H groups in total. The molecule has 0 saturated carbocycles. The Bertz CT molecular complexity index is 511. The van der Waals surface area contributed by atoms with E-state index in [1.165, 1.54) is 0 Å². The molecule has 0 amide bonds. The van der Waals surface area contributed by atoms with Crippen LogP contribution in [0.25, 0.3) is 0 Å². The summed E-state index contributed by atoms with van der Waals surface area (Å²) in [6.45, 7) is 0.674. The third-order valence-corrected chi connectivity index (χ3v) is 2.88. The molecule has 0 atom stereocenters. The first-order chi connectivity index (χ1) is 9.33. The zero-order valence-corrected chi connectivity index (χ0v) is 11.1. The zero-order valence-electron chi connectivity index (χ0n) is 11.1. The van der Waals surface area contributed by atoms with Crippen LogP contribution < -0.4 is 15.2 Å². The van der Waals surface area contributed by atoms with Crippen LogP contribution in [0.1, 0.15) is 12.0 Å². The first-order valence-corrected chi connectivity index (χ1v) is 6.43. The molecule has 3 nitrogen and oxygen atoms in total. The second-order valence-corrected chi connectivity index (χ2v) is 4.28. The lowest BCUT2D eigenvalue weighted by Crippen LogP contribution is -2.01. The molecule has 0 saturated heterocycles. The minimum atomic E-state index is 0.674. The van der Waals surface area contributed by atoms with Crippen molar-refractivity contribution in [3.8, 4) is 17.2 Å². The van der Waals surface area contributed by atoms with Crippen LogP contribution >= 0.6 is 0 Å². The Morgan fingerprint density at radius 3 is 2.47 bits per heavy atom. The lowest BCUT2D eigenvalue weighted by atomic mass is 10.1. The number of para-hydroxylation sites is 1. The second kappa shape index (κ2) is 6.81. The lowest BCUT2D eigenvalue weighted by molar-refractivity contribution is 0.407. The quantitative estimate of drug-likeness (QED) is 0.862. The van der Waals surface area contributed by atoms with Gasteiger partial charge in [-0.3, -0.25) is 0 Å². The van der Waals surface area contributed by atoms with Gasteiger partial charge in [0.2, 0.25) is 0 Å². The maximum absolute atomic E-state index is 5.81. The van der Waals surface area contributed by atoms with Crippen LogP contribution in [0.3, 0.4) is 0 Å². The van der Waals surface area contributed by atoms with Gasteiger partial charge in [0.05, 0.1) is 7.11 Å². The van der Waals surface area contributed by atoms with Crippen molar-refractivity contribution >= 4 is 0 Å². The van der Waals surface area contributed by atoms with Crippen molar-refractivity contribution in [3.05, 3.63) is 54.1 Å². The molecular formula is C16H19NO2. The van der Waals surface area contributed by atoms with E-state index in [9.17, 15) is 0 Å². The normalized spacial score (nSPS) is 10.2. The molecule has 0 heterocycles. The fraction of sp³-hybridized carbons (Fsp3) is 0.250. The SMILES string of the molecule is COc1ccc(Oc2ccccc2)cc1CCCN. The standard InChI is InChI=1S/C16H19NO2/c1-18-16-10-9-15(12-13(16)6-5-11-17)19-14-7-3-2-4-8-14/h2-4,7-10,12H,5-6,11,17H2,1H3. The fourth-order valence-electron chi connectivity index (χ4n) is 1.93. The summed E-state index contributed by atoms with van der Waals surface area (Å²) < 4.78 is 11.2. The molecule has 19 heavy (non-hydrogen) atoms. The summed E-state index contributed by atoms with van der Waals surface area (Å²) in [6, 6.07) is 15.6. The third-order valence-electron chi connectivity index (χ3n) is 2.88. The number of rotatable bonds is 6. The van der Waals surface area contributed by atoms with Crippen LogP contribution in [0, 0.1) is 0 Å². The van der Waals surface area contributed by atoms with E-state index in [1.54, 1.807) is 7.11 Å². The fourth-order valence-corrected chi connectivity index (χ4v) is 1.93. The van der Waals surface area contributed by atoms with E-state index in [-0.39, 0.29) is 0 Å². The number of methoxy groups -OCH3 is 1. The zero-order chi connectivity index (χ0) is 13.5. The Hall–Kier alpha value is -2.00. The minimum absolute atomic E-state index is 0.674. The average molecular weight is 257 g/mol. The number of nitrogens with two attached hydrogens (primary N) is 1. The van der Waals surface area contributed by atoms with Crippen molar-refractivity contribution < 1.29 is 9.47 Å². The van der Waals surface area contributed by atoms with Gasteiger partial charge in [0, 0.05) is 0 Å². The molecule has 0 bridgehead atoms. The first kappa shape index (κ1) is 13.4. The summed E-state index contributed by atoms with van der Waals surface area (Å²) in [5.74, 6) is 2.53. The van der Waals surface area contributed by atoms with Gasteiger partial charge in [-0.1, -0.05) is 18.2 Å². The van der Waals surface area contributed by atoms with Crippen molar-refractivity contribution in [2.75, 3.05) is 13.7 Å². The van der Waals surface area contributed by atoms with Gasteiger partial charge < -0.3 is 15.2 Å². The van der Waals surface area contributed by atoms with Gasteiger partial charge in [0.1, 0.15) is 17.2 Å². The lowest BCUT2D eigenvalue weighted by Gasteiger charge is -2.11. The Balaban J connectivity index is 2.17. The van der Waals surface area contributed by atoms with Gasteiger partial charge in [-0.05, 0) is 55.3 Å². The molecule has 0 radical (unpaired) electrons. The number of hydrogen-bond acceptors (Lipinski definition) is 3. The topological polar surface area (TPSA) is 44.5 Å². The van der Waals surface area contributed by atoms with Crippen LogP contribution in [-0.2, 0) is 6.42 Å². The van der Waals surface area contributed by atoms with Crippen molar-refractivity contribution in [1.29, 1.82) is 0 Å². The highest BCUT2D eigenvalue weighted by Crippen LogP contribution is 2.28. The first-order valence-electron chi connectivity index (χ1n) is 6.43. The molecule has 0 aliphatic rings. The van der Waals surface area contributed by atoms with Gasteiger partial charge in [-0.2, -0.15) is 0 Å². The van der Waals surface area contributed by atoms with Gasteiger partial charge in [0.25, 0.3) is 0 Å². The summed E-state index contributed by atoms with van der Waals surface area (Å²) in [5, 5.41) is 0. The van der Waals surface area contributed by atoms with Crippen molar-refractivity contribution in [2.24, 2.45) is 5.73 Å². The van der Waals surface area contributed by atoms with E-state index in [0.29, 0.717) is 6.54 Å². The van der Waals surface area contributed by atoms with Crippen LogP contribution in [0.5, 0.6) is 17.2 Å². The molecule has 3 heteroatoms. The molecule has 2 aromatic rings. The van der Waals surface area contributed by atoms with E-state index in [0.717, 1.165) is 35.7 Å². The maximum Gasteiger partial charge on any atom is 0.127 e. The van der Waals surface area contributed by atoms with Gasteiger partial charge >= 0.3 is 0 Å². The van der Waals surface area contributed by atoms with Crippen LogP contribution in [0.15, 0.2) is 48.5 Å². The summed E-state index contributed by atoms with van der Waals surface area (Å²) in [5.41, 5.74) is 6.68. The van der Waals surface area contributed by atoms with Crippen LogP contribution in [-0.4, -0.2) is 13.7 Å². The number of hydrogen-bond donors (Lipinski definition) is 1. The number of ether oxygens (including phenoxy) is 2. The molecule has 0 spiro atoms. The number of aryl methyl sites for hydroxylation is 1. The Morgan fingerprint density at radius 2 is 1.79 bits per heavy atom. The van der Waals surface area contributed by atoms with Crippen molar-refractivity contribution in [1.82, 2.24) is 0 Å². The summed E-state index contributed by atoms with van der Waals surface area (Å²) in [6.07, 6.45) is 1.83. The Kier molecular flexibility index (Phi) is 4.81. The van der Waals surface area contributed by atoms with E-state index >= 15 is 0 Å². The molecule has 0 fully saturated rings. The molecule has 100 valence electrons. The minimum Gasteiger partial charge on any atom is -0.496 e. The number of benzene rings is 2. The highest BCUT2D eigenvalue weighted by atomic mass is 16.5. The maximum atomic E-state index is 5.81. The van der Waals surface area contributed by atoms with E-state index in [2.05, 4.69) is 0 Å². The van der Waals surface area contributed by atoms with Gasteiger partial charge in [-0.25, -0.2) is 0 Å². The van der Waals surface area contributed by atoms with Crippen molar-refractivity contribution in [2.45, 2.75) is 12.8 Å². The Morgan fingerprint density at radius 1 is 1.00 bits per heavy atom. The van der Waals surface area contributed by atoms with Crippen LogP contribution in [0.4, 0.5) is 0 Å². The molecule has 0 aliphatic carbocycles. The molecule has 0 aromatic heterocycles. The highest BCUT2D eigenvalue weighted by Gasteiger charge is 2.05. The summed E-state index contributed by atoms with van der Waals surface area (Å²) >= 11 is 0. The van der Waals surface area contributed by atoms with E-state index < -0.39 is 0 Å². The van der Waals surface area contributed by atoms with Gasteiger partial charge in [-0.15, -0.1) is 0 Å². The monoisotopic (exact) mass is 257 g/mol. The van der Waals surface area contributed by atoms with Crippen molar-refractivity contribution in [3.63, 3.8) is 0 Å². The van der Waals surface area contributed by atoms with Gasteiger partial charge in [0.15, 0.2) is 0 Å². The third kappa shape index (κ3) is 3.73. The largest absolute Gasteiger partial charge is 0.496 e. The van der Waals surface area contributed by atoms with E-state index in [4.69, 9.17) is 15.2 Å². The Labute approximate surface area is 114 Å². The van der Waals surface area contributed by atoms with E-state index in [1.807, 2.05) is 48.5 Å². The second-order valence-electron chi connectivity index (χ2n) is 4.28.